The molecular weight excluding hydrogens is 332 g/mol. The highest BCUT2D eigenvalue weighted by molar-refractivity contribution is 7.92. The largest absolute Gasteiger partial charge is 0.413 e. The molecule has 2 aliphatic rings. The lowest BCUT2D eigenvalue weighted by Gasteiger charge is -2.38. The van der Waals surface area contributed by atoms with Gasteiger partial charge in [0.15, 0.2) is 5.44 Å². The highest BCUT2D eigenvalue weighted by Gasteiger charge is 2.52. The molecule has 1 aromatic carbocycles. The summed E-state index contributed by atoms with van der Waals surface area (Å²) in [4.78, 5) is 0.298. The summed E-state index contributed by atoms with van der Waals surface area (Å²) in [5.74, 6) is 0.400. The maximum Gasteiger partial charge on any atom is 0.246 e. The molecule has 2 aliphatic heterocycles. The van der Waals surface area contributed by atoms with E-state index in [-0.39, 0.29) is 24.4 Å². The number of epoxide rings is 1. The van der Waals surface area contributed by atoms with E-state index in [1.165, 1.54) is 0 Å². The smallest absolute Gasteiger partial charge is 0.246 e. The maximum absolute atomic E-state index is 12.5. The van der Waals surface area contributed by atoms with Gasteiger partial charge in [0, 0.05) is 6.42 Å². The predicted octanol–water partition coefficient (Wildman–Crippen LogP) is 1.86. The quantitative estimate of drug-likeness (QED) is 0.597. The first-order chi connectivity index (χ1) is 10.9. The Morgan fingerprint density at radius 2 is 1.87 bits per heavy atom. The van der Waals surface area contributed by atoms with E-state index in [0.29, 0.717) is 17.2 Å². The third-order valence-electron chi connectivity index (χ3n) is 4.74. The second kappa shape index (κ2) is 6.64. The van der Waals surface area contributed by atoms with Crippen LogP contribution in [-0.2, 0) is 23.7 Å². The molecule has 0 bridgehead atoms. The Morgan fingerprint density at radius 1 is 1.17 bits per heavy atom. The number of rotatable bonds is 5. The maximum atomic E-state index is 12.5. The topological polar surface area (TPSA) is 65.1 Å². The van der Waals surface area contributed by atoms with Gasteiger partial charge in [-0.05, 0) is 31.4 Å². The number of benzene rings is 1. The Bertz CT molecular complexity index is 635. The van der Waals surface area contributed by atoms with E-state index in [1.807, 2.05) is 6.92 Å². The Kier molecular flexibility index (Phi) is 4.94. The van der Waals surface area contributed by atoms with E-state index in [0.717, 1.165) is 6.42 Å². The van der Waals surface area contributed by atoms with Crippen molar-refractivity contribution in [3.63, 3.8) is 0 Å². The summed E-state index contributed by atoms with van der Waals surface area (Å²) in [6, 6.07) is 8.41. The Labute approximate surface area is 140 Å². The van der Waals surface area contributed by atoms with E-state index in [2.05, 4.69) is 17.4 Å². The molecule has 7 heteroatoms. The van der Waals surface area contributed by atoms with Crippen LogP contribution < -0.4 is 0 Å². The molecule has 2 fully saturated rings. The Morgan fingerprint density at radius 3 is 2.52 bits per heavy atom. The van der Waals surface area contributed by atoms with Crippen molar-refractivity contribution in [1.29, 1.82) is 0 Å². The highest BCUT2D eigenvalue weighted by atomic mass is 32.2. The molecule has 0 saturated carbocycles. The standard InChI is InChI=1S/C16H21O5SSi/c1-10-8-14(21-23)13(19-11(10)2)9-15-16(20-15)22(17,18)12-6-4-3-5-7-12/h3-7,10-11,13-16H,8-9H2,1-2H3/t10-,11+,13?,14+,15+,16-/m1/s1. The van der Waals surface area contributed by atoms with Crippen LogP contribution in [0.5, 0.6) is 0 Å². The molecule has 2 saturated heterocycles. The molecule has 0 aromatic heterocycles. The van der Waals surface area contributed by atoms with Crippen LogP contribution in [0, 0.1) is 5.92 Å². The van der Waals surface area contributed by atoms with Gasteiger partial charge in [-0.1, -0.05) is 25.1 Å². The molecule has 6 atom stereocenters. The van der Waals surface area contributed by atoms with Crippen molar-refractivity contribution < 1.29 is 22.3 Å². The van der Waals surface area contributed by atoms with Gasteiger partial charge in [-0.25, -0.2) is 8.42 Å². The number of hydrogen-bond acceptors (Lipinski definition) is 5. The summed E-state index contributed by atoms with van der Waals surface area (Å²) in [6.45, 7) is 4.16. The molecule has 1 unspecified atom stereocenters. The van der Waals surface area contributed by atoms with Crippen molar-refractivity contribution in [1.82, 2.24) is 0 Å². The first-order valence-corrected chi connectivity index (χ1v) is 9.81. The fourth-order valence-corrected chi connectivity index (χ4v) is 4.93. The summed E-state index contributed by atoms with van der Waals surface area (Å²) >= 11 is 0. The minimum absolute atomic E-state index is 0.0952. The van der Waals surface area contributed by atoms with Crippen LogP contribution >= 0.6 is 0 Å². The van der Waals surface area contributed by atoms with Gasteiger partial charge in [-0.2, -0.15) is 0 Å². The zero-order chi connectivity index (χ0) is 16.6. The second-order valence-corrected chi connectivity index (χ2v) is 8.65. The van der Waals surface area contributed by atoms with E-state index < -0.39 is 15.3 Å². The second-order valence-electron chi connectivity index (χ2n) is 6.39. The average Bonchev–Trinajstić information content (AvgIpc) is 3.31. The van der Waals surface area contributed by atoms with E-state index in [4.69, 9.17) is 13.9 Å². The number of ether oxygens (including phenoxy) is 2. The lowest BCUT2D eigenvalue weighted by molar-refractivity contribution is -0.128. The van der Waals surface area contributed by atoms with Gasteiger partial charge in [0.05, 0.1) is 23.2 Å². The molecule has 23 heavy (non-hydrogen) atoms. The van der Waals surface area contributed by atoms with Crippen LogP contribution in [0.3, 0.4) is 0 Å². The van der Waals surface area contributed by atoms with Crippen molar-refractivity contribution in [3.05, 3.63) is 30.3 Å². The van der Waals surface area contributed by atoms with Crippen molar-refractivity contribution in [2.24, 2.45) is 5.92 Å². The van der Waals surface area contributed by atoms with Crippen LogP contribution in [-0.4, -0.2) is 48.8 Å². The molecule has 1 aromatic rings. The zero-order valence-electron chi connectivity index (χ0n) is 13.2. The molecule has 3 rings (SSSR count). The fraction of sp³-hybridized carbons (Fsp3) is 0.625. The Balaban J connectivity index is 1.65. The minimum Gasteiger partial charge on any atom is -0.413 e. The summed E-state index contributed by atoms with van der Waals surface area (Å²) in [6.07, 6.45) is 0.916. The van der Waals surface area contributed by atoms with Crippen molar-refractivity contribution in [3.8, 4) is 0 Å². The van der Waals surface area contributed by atoms with Gasteiger partial charge in [0.1, 0.15) is 6.10 Å². The number of hydrogen-bond donors (Lipinski definition) is 0. The summed E-state index contributed by atoms with van der Waals surface area (Å²) in [5.41, 5.74) is -0.779. The molecule has 3 radical (unpaired) electrons. The SMILES string of the molecule is C[C@@H]1C[C@H](O[Si])C(C[C@@H]2O[C@@H]2S(=O)(=O)c2ccccc2)O[C@H]1C. The molecule has 2 heterocycles. The molecule has 0 amide bonds. The minimum atomic E-state index is -3.44. The van der Waals surface area contributed by atoms with Crippen molar-refractivity contribution >= 4 is 20.3 Å². The lowest BCUT2D eigenvalue weighted by atomic mass is 9.90. The third kappa shape index (κ3) is 3.53. The van der Waals surface area contributed by atoms with Gasteiger partial charge >= 0.3 is 0 Å². The molecule has 0 spiro atoms. The molecule has 0 aliphatic carbocycles. The summed E-state index contributed by atoms with van der Waals surface area (Å²) < 4.78 is 41.8. The van der Waals surface area contributed by atoms with Crippen molar-refractivity contribution in [2.75, 3.05) is 0 Å². The summed E-state index contributed by atoms with van der Waals surface area (Å²) in [5, 5.41) is 0. The predicted molar refractivity (Wildman–Crippen MR) is 85.6 cm³/mol. The average molecular weight is 353 g/mol. The molecule has 5 nitrogen and oxygen atoms in total. The van der Waals surface area contributed by atoms with Gasteiger partial charge in [0.25, 0.3) is 0 Å². The first kappa shape index (κ1) is 17.1. The van der Waals surface area contributed by atoms with Crippen LogP contribution in [0.15, 0.2) is 35.2 Å². The summed E-state index contributed by atoms with van der Waals surface area (Å²) in [7, 11) is -0.332. The third-order valence-corrected chi connectivity index (χ3v) is 7.00. The van der Waals surface area contributed by atoms with E-state index >= 15 is 0 Å². The monoisotopic (exact) mass is 353 g/mol. The molecule has 0 N–H and O–H groups in total. The van der Waals surface area contributed by atoms with Crippen LogP contribution in [0.1, 0.15) is 26.7 Å². The van der Waals surface area contributed by atoms with Gasteiger partial charge in [-0.15, -0.1) is 0 Å². The van der Waals surface area contributed by atoms with Crippen molar-refractivity contribution in [2.45, 2.75) is 61.4 Å². The van der Waals surface area contributed by atoms with Gasteiger partial charge < -0.3 is 13.9 Å². The Hall–Kier alpha value is -0.733. The van der Waals surface area contributed by atoms with Gasteiger partial charge in [0.2, 0.25) is 20.3 Å². The first-order valence-electron chi connectivity index (χ1n) is 7.85. The lowest BCUT2D eigenvalue weighted by Crippen LogP contribution is -2.44. The van der Waals surface area contributed by atoms with Gasteiger partial charge in [-0.3, -0.25) is 0 Å². The highest BCUT2D eigenvalue weighted by Crippen LogP contribution is 2.38. The number of sulfone groups is 1. The molecular formula is C16H21O5SSi. The van der Waals surface area contributed by atoms with Crippen LogP contribution in [0.2, 0.25) is 0 Å². The molecule has 125 valence electrons. The van der Waals surface area contributed by atoms with Crippen LogP contribution in [0.4, 0.5) is 0 Å². The normalized spacial score (nSPS) is 37.5. The fourth-order valence-electron chi connectivity index (χ4n) is 3.08. The van der Waals surface area contributed by atoms with E-state index in [1.54, 1.807) is 30.3 Å². The van der Waals surface area contributed by atoms with Crippen LogP contribution in [0.25, 0.3) is 0 Å². The van der Waals surface area contributed by atoms with E-state index in [9.17, 15) is 8.42 Å². The zero-order valence-corrected chi connectivity index (χ0v) is 15.0.